The summed E-state index contributed by atoms with van der Waals surface area (Å²) in [5.74, 6) is -1.61. The van der Waals surface area contributed by atoms with E-state index in [0.29, 0.717) is 11.0 Å². The number of amides is 1. The smallest absolute Gasteiger partial charge is 0.399 e. The van der Waals surface area contributed by atoms with Crippen LogP contribution in [0.1, 0.15) is 56.5 Å². The van der Waals surface area contributed by atoms with E-state index in [0.717, 1.165) is 5.56 Å². The third-order valence-corrected chi connectivity index (χ3v) is 6.29. The lowest BCUT2D eigenvalue weighted by Gasteiger charge is -2.33. The second kappa shape index (κ2) is 7.06. The van der Waals surface area contributed by atoms with Crippen molar-refractivity contribution in [2.45, 2.75) is 64.8 Å². The molecule has 1 amide bonds. The molecular formula is C20H27BF3NO3. The highest BCUT2D eigenvalue weighted by atomic mass is 19.4. The Morgan fingerprint density at radius 1 is 1.11 bits per heavy atom. The van der Waals surface area contributed by atoms with Gasteiger partial charge in [-0.2, -0.15) is 13.2 Å². The van der Waals surface area contributed by atoms with Gasteiger partial charge in [-0.1, -0.05) is 17.7 Å². The van der Waals surface area contributed by atoms with Crippen molar-refractivity contribution in [1.29, 1.82) is 0 Å². The maximum Gasteiger partial charge on any atom is 0.495 e. The normalized spacial score (nSPS) is 22.6. The van der Waals surface area contributed by atoms with Crippen LogP contribution in [0.25, 0.3) is 0 Å². The Kier molecular flexibility index (Phi) is 5.34. The minimum atomic E-state index is -4.20. The van der Waals surface area contributed by atoms with Crippen LogP contribution in [0.2, 0.25) is 0 Å². The van der Waals surface area contributed by atoms with Crippen molar-refractivity contribution in [3.8, 4) is 0 Å². The Bertz CT molecular complexity index is 740. The van der Waals surface area contributed by atoms with Crippen molar-refractivity contribution in [2.75, 3.05) is 13.1 Å². The fourth-order valence-corrected chi connectivity index (χ4v) is 3.72. The molecule has 154 valence electrons. The lowest BCUT2D eigenvalue weighted by atomic mass is 9.73. The number of halogens is 3. The number of hydrogen-bond donors (Lipinski definition) is 0. The highest BCUT2D eigenvalue weighted by molar-refractivity contribution is 6.64. The lowest BCUT2D eigenvalue weighted by Crippen LogP contribution is -2.46. The van der Waals surface area contributed by atoms with Crippen molar-refractivity contribution in [3.05, 3.63) is 29.3 Å². The minimum absolute atomic E-state index is 0.0626. The first-order valence-corrected chi connectivity index (χ1v) is 9.64. The van der Waals surface area contributed by atoms with Crippen LogP contribution in [0.4, 0.5) is 13.2 Å². The van der Waals surface area contributed by atoms with Crippen LogP contribution in [-0.2, 0) is 9.31 Å². The van der Waals surface area contributed by atoms with E-state index in [9.17, 15) is 18.0 Å². The molecule has 0 atom stereocenters. The number of rotatable bonds is 2. The van der Waals surface area contributed by atoms with Crippen LogP contribution in [0.5, 0.6) is 0 Å². The molecule has 2 heterocycles. The Hall–Kier alpha value is -1.54. The molecule has 0 saturated carbocycles. The van der Waals surface area contributed by atoms with Gasteiger partial charge in [0.1, 0.15) is 0 Å². The second-order valence-electron chi connectivity index (χ2n) is 8.73. The summed E-state index contributed by atoms with van der Waals surface area (Å²) in [7, 11) is -0.696. The van der Waals surface area contributed by atoms with Crippen LogP contribution in [0.3, 0.4) is 0 Å². The van der Waals surface area contributed by atoms with Crippen molar-refractivity contribution >= 4 is 18.5 Å². The molecule has 0 spiro atoms. The topological polar surface area (TPSA) is 38.8 Å². The van der Waals surface area contributed by atoms with E-state index in [-0.39, 0.29) is 31.8 Å². The van der Waals surface area contributed by atoms with Gasteiger partial charge in [-0.3, -0.25) is 4.79 Å². The molecule has 2 aliphatic heterocycles. The Balaban J connectivity index is 1.84. The summed E-state index contributed by atoms with van der Waals surface area (Å²) in [6.07, 6.45) is -4.33. The first-order chi connectivity index (χ1) is 12.8. The number of aryl methyl sites for hydroxylation is 1. The molecule has 8 heteroatoms. The molecule has 0 N–H and O–H groups in total. The van der Waals surface area contributed by atoms with Crippen LogP contribution >= 0.6 is 0 Å². The van der Waals surface area contributed by atoms with Gasteiger partial charge in [-0.05, 0) is 59.0 Å². The van der Waals surface area contributed by atoms with E-state index in [2.05, 4.69) is 0 Å². The van der Waals surface area contributed by atoms with Crippen molar-refractivity contribution in [2.24, 2.45) is 5.92 Å². The molecule has 2 aliphatic rings. The summed E-state index contributed by atoms with van der Waals surface area (Å²) in [6.45, 7) is 9.83. The first kappa shape index (κ1) is 21.2. The van der Waals surface area contributed by atoms with E-state index < -0.39 is 30.4 Å². The van der Waals surface area contributed by atoms with E-state index in [1.54, 1.807) is 12.1 Å². The molecule has 1 aromatic carbocycles. The molecule has 0 unspecified atom stereocenters. The van der Waals surface area contributed by atoms with Gasteiger partial charge in [0.2, 0.25) is 0 Å². The summed E-state index contributed by atoms with van der Waals surface area (Å²) in [5.41, 5.74) is 0.846. The number of piperidine rings is 1. The average Bonchev–Trinajstić information content (AvgIpc) is 2.80. The summed E-state index contributed by atoms with van der Waals surface area (Å²) in [6, 6.07) is 5.36. The van der Waals surface area contributed by atoms with Crippen molar-refractivity contribution in [3.63, 3.8) is 0 Å². The fourth-order valence-electron chi connectivity index (χ4n) is 3.72. The van der Waals surface area contributed by atoms with E-state index >= 15 is 0 Å². The third kappa shape index (κ3) is 3.81. The molecular weight excluding hydrogens is 370 g/mol. The van der Waals surface area contributed by atoms with Gasteiger partial charge >= 0.3 is 13.3 Å². The second-order valence-corrected chi connectivity index (χ2v) is 8.73. The monoisotopic (exact) mass is 397 g/mol. The Labute approximate surface area is 164 Å². The number of benzene rings is 1. The molecule has 4 nitrogen and oxygen atoms in total. The maximum absolute atomic E-state index is 13.1. The highest BCUT2D eigenvalue weighted by Crippen LogP contribution is 2.37. The lowest BCUT2D eigenvalue weighted by molar-refractivity contribution is -0.183. The minimum Gasteiger partial charge on any atom is -0.399 e. The summed E-state index contributed by atoms with van der Waals surface area (Å²) in [5, 5.41) is 0. The molecule has 3 rings (SSSR count). The van der Waals surface area contributed by atoms with Crippen LogP contribution < -0.4 is 5.46 Å². The maximum atomic E-state index is 13.1. The SMILES string of the molecule is Cc1cccc(C(=O)N2CCC(C(F)(F)F)CC2)c1B1OC(C)(C)C(C)(C)O1. The number of alkyl halides is 3. The zero-order valence-electron chi connectivity index (χ0n) is 17.0. The van der Waals surface area contributed by atoms with Crippen LogP contribution in [-0.4, -0.2) is 48.4 Å². The van der Waals surface area contributed by atoms with Crippen LogP contribution in [0.15, 0.2) is 18.2 Å². The van der Waals surface area contributed by atoms with Gasteiger partial charge in [0.25, 0.3) is 5.91 Å². The van der Waals surface area contributed by atoms with E-state index in [1.165, 1.54) is 4.90 Å². The molecule has 2 saturated heterocycles. The van der Waals surface area contributed by atoms with Gasteiger partial charge in [0.05, 0.1) is 17.1 Å². The first-order valence-electron chi connectivity index (χ1n) is 9.64. The third-order valence-electron chi connectivity index (χ3n) is 6.29. The zero-order chi connectivity index (χ0) is 20.9. The van der Waals surface area contributed by atoms with Crippen molar-refractivity contribution in [1.82, 2.24) is 4.90 Å². The zero-order valence-corrected chi connectivity index (χ0v) is 17.0. The van der Waals surface area contributed by atoms with Crippen LogP contribution in [0, 0.1) is 12.8 Å². The number of carbonyl (C=O) groups is 1. The molecule has 0 bridgehead atoms. The van der Waals surface area contributed by atoms with Gasteiger partial charge in [0, 0.05) is 18.7 Å². The molecule has 0 aliphatic carbocycles. The molecule has 2 fully saturated rings. The largest absolute Gasteiger partial charge is 0.495 e. The summed E-state index contributed by atoms with van der Waals surface area (Å²) in [4.78, 5) is 14.6. The Morgan fingerprint density at radius 3 is 2.14 bits per heavy atom. The summed E-state index contributed by atoms with van der Waals surface area (Å²) < 4.78 is 51.0. The predicted octanol–water partition coefficient (Wildman–Crippen LogP) is 3.71. The van der Waals surface area contributed by atoms with E-state index in [1.807, 2.05) is 40.7 Å². The quantitative estimate of drug-likeness (QED) is 0.715. The molecule has 0 aromatic heterocycles. The molecule has 28 heavy (non-hydrogen) atoms. The predicted molar refractivity (Wildman–Crippen MR) is 102 cm³/mol. The van der Waals surface area contributed by atoms with Gasteiger partial charge in [0.15, 0.2) is 0 Å². The standard InChI is InChI=1S/C20H27BF3NO3/c1-13-7-6-8-15(16(13)21-27-18(2,3)19(4,5)28-21)17(26)25-11-9-14(10-12-25)20(22,23)24/h6-8,14H,9-12H2,1-5H3. The number of carbonyl (C=O) groups excluding carboxylic acids is 1. The van der Waals surface area contributed by atoms with Gasteiger partial charge in [-0.25, -0.2) is 0 Å². The molecule has 0 radical (unpaired) electrons. The van der Waals surface area contributed by atoms with Gasteiger partial charge in [-0.15, -0.1) is 0 Å². The number of nitrogens with zero attached hydrogens (tertiary/aromatic N) is 1. The average molecular weight is 397 g/mol. The fraction of sp³-hybridized carbons (Fsp3) is 0.650. The molecule has 1 aromatic rings. The van der Waals surface area contributed by atoms with Crippen molar-refractivity contribution < 1.29 is 27.3 Å². The summed E-state index contributed by atoms with van der Waals surface area (Å²) >= 11 is 0. The van der Waals surface area contributed by atoms with Gasteiger partial charge < -0.3 is 14.2 Å². The number of hydrogen-bond acceptors (Lipinski definition) is 3. The Morgan fingerprint density at radius 2 is 1.64 bits per heavy atom. The number of likely N-dealkylation sites (tertiary alicyclic amines) is 1. The highest BCUT2D eigenvalue weighted by Gasteiger charge is 2.53. The van der Waals surface area contributed by atoms with E-state index in [4.69, 9.17) is 9.31 Å².